The number of hydrogen-bond donors (Lipinski definition) is 0. The second-order valence-electron chi connectivity index (χ2n) is 14.3. The topological polar surface area (TPSA) is 0 Å². The summed E-state index contributed by atoms with van der Waals surface area (Å²) >= 11 is 0. The van der Waals surface area contributed by atoms with Gasteiger partial charge in [-0.05, 0) is 229 Å². The van der Waals surface area contributed by atoms with Gasteiger partial charge in [0.25, 0.3) is 0 Å². The Morgan fingerprint density at radius 2 is 0.562 bits per heavy atom. The zero-order valence-electron chi connectivity index (χ0n) is 82.0. The summed E-state index contributed by atoms with van der Waals surface area (Å²) < 4.78 is 332. The number of hydrogen-bond acceptors (Lipinski definition) is 0. The molecule has 0 nitrogen and oxygen atoms in total. The normalized spacial score (nSPS) is 23.1. The lowest BCUT2D eigenvalue weighted by Crippen LogP contribution is -1.98. The van der Waals surface area contributed by atoms with Crippen molar-refractivity contribution in [1.82, 2.24) is 0 Å². The summed E-state index contributed by atoms with van der Waals surface area (Å²) in [5.41, 5.74) is -1.21. The van der Waals surface area contributed by atoms with Crippen LogP contribution in [0, 0.1) is 151 Å². The summed E-state index contributed by atoms with van der Waals surface area (Å²) in [5, 5.41) is 0. The first kappa shape index (κ1) is 18.1. The minimum absolute atomic E-state index is 0.0774. The molecular weight excluding hydrogens is 769 g/mol. The molecule has 0 heteroatoms. The Kier molecular flexibility index (Phi) is 8.01. The fourth-order valence-electron chi connectivity index (χ4n) is 4.78. The van der Waals surface area contributed by atoms with Crippen LogP contribution < -0.4 is 0 Å². The number of aryl methyl sites for hydroxylation is 14. The van der Waals surface area contributed by atoms with Crippen molar-refractivity contribution in [1.29, 1.82) is 0 Å². The molecule has 64 heavy (non-hydrogen) atoms. The smallest absolute Gasteiger partial charge is 0.0280 e. The lowest BCUT2D eigenvalue weighted by Gasteiger charge is -2.15. The highest BCUT2D eigenvalue weighted by Crippen LogP contribution is 2.25. The van der Waals surface area contributed by atoms with Crippen LogP contribution in [0.1, 0.15) is 184 Å². The van der Waals surface area contributed by atoms with E-state index in [4.69, 9.17) is 61.7 Å². The van der Waals surface area contributed by atoms with Crippen molar-refractivity contribution in [3.05, 3.63) is 244 Å². The molecule has 0 spiro atoms. The van der Waals surface area contributed by atoms with Crippen molar-refractivity contribution in [2.75, 3.05) is 0 Å². The van der Waals surface area contributed by atoms with Gasteiger partial charge in [0.15, 0.2) is 0 Å². The Morgan fingerprint density at radius 3 is 0.969 bits per heavy atom. The van der Waals surface area contributed by atoms with Crippen LogP contribution in [-0.4, -0.2) is 0 Å². The summed E-state index contributed by atoms with van der Waals surface area (Å²) in [6, 6.07) is 31.5. The Morgan fingerprint density at radius 1 is 0.203 bits per heavy atom. The van der Waals surface area contributed by atoms with Crippen LogP contribution in [0.5, 0.6) is 0 Å². The first-order chi connectivity index (χ1) is 48.0. The minimum atomic E-state index is -3.37. The predicted octanol–water partition coefficient (Wildman–Crippen LogP) is 18.6. The molecule has 7 aromatic carbocycles. The third kappa shape index (κ3) is 20.8. The SMILES string of the molecule is [2H]C([2H])([2H])c1c(C)c(C([2H])([2H])[2H])c(C([2H])([2H])[2H])c(C([2H])([2H])[2H])c1C([2H])([2H])[2H].[2H]C([2H])([2H])c1cc(C([2H])([2H])[2H])c(C)c(C([2H])([2H])[2H])c1.[2H]C([2H])([2H])c1cc(C)cc(C([2H])([2H])[2H])c1.[2H]C([2H])([2H])c1ccc(C)cc1.[2H]C([2H])([2H])c1cccc(C([2H])([2H])[2H])c1C.[2H]C([2H])([2H])c1cccc(C)c1.[2H]C([2H])([2H])c1ccccc1C. The maximum absolute atomic E-state index is 7.65. The van der Waals surface area contributed by atoms with E-state index in [1.165, 1.54) is 50.2 Å². The lowest BCUT2D eigenvalue weighted by atomic mass is 9.90. The van der Waals surface area contributed by atoms with Crippen molar-refractivity contribution in [2.45, 2.75) is 151 Å². The van der Waals surface area contributed by atoms with Gasteiger partial charge in [0.05, 0.1) is 0 Å². The molecule has 0 saturated carbocycles. The number of rotatable bonds is 0. The van der Waals surface area contributed by atoms with Crippen LogP contribution in [0.4, 0.5) is 0 Å². The molecule has 0 N–H and O–H groups in total. The molecule has 7 aromatic rings. The Bertz CT molecular complexity index is 3960. The van der Waals surface area contributed by atoms with Gasteiger partial charge in [-0.3, -0.25) is 0 Å². The van der Waals surface area contributed by atoms with E-state index in [1.54, 1.807) is 49.4 Å². The zero-order chi connectivity index (χ0) is 86.3. The van der Waals surface area contributed by atoms with E-state index in [-0.39, 0.29) is 44.5 Å². The monoisotopic (exact) mass is 900 g/mol. The van der Waals surface area contributed by atoms with Crippen LogP contribution >= 0.6 is 0 Å². The molecular formula is C64H86. The fraction of sp³-hybridized carbons (Fsp3) is 0.344. The second kappa shape index (κ2) is 28.4. The van der Waals surface area contributed by atoms with Crippen LogP contribution in [0.2, 0.25) is 0 Å². The van der Waals surface area contributed by atoms with Crippen LogP contribution in [0.3, 0.4) is 0 Å². The Balaban J connectivity index is 0.000000652. The summed E-state index contributed by atoms with van der Waals surface area (Å²) in [5.74, 6) is 0. The molecule has 0 radical (unpaired) electrons. The lowest BCUT2D eigenvalue weighted by molar-refractivity contribution is 1.13. The first-order valence-corrected chi connectivity index (χ1v) is 19.4. The van der Waals surface area contributed by atoms with Gasteiger partial charge in [-0.1, -0.05) is 166 Å². The molecule has 0 fully saturated rings. The van der Waals surface area contributed by atoms with Gasteiger partial charge in [0.2, 0.25) is 0 Å². The van der Waals surface area contributed by atoms with E-state index < -0.39 is 136 Å². The van der Waals surface area contributed by atoms with E-state index in [2.05, 4.69) is 0 Å². The van der Waals surface area contributed by atoms with Gasteiger partial charge in [-0.25, -0.2) is 0 Å². The van der Waals surface area contributed by atoms with Crippen LogP contribution in [0.25, 0.3) is 0 Å². The van der Waals surface area contributed by atoms with Crippen molar-refractivity contribution in [3.8, 4) is 0 Å². The predicted molar refractivity (Wildman–Crippen MR) is 289 cm³/mol. The van der Waals surface area contributed by atoms with Gasteiger partial charge in [0.1, 0.15) is 0 Å². The van der Waals surface area contributed by atoms with Gasteiger partial charge in [-0.15, -0.1) is 0 Å². The molecule has 342 valence electrons. The average Bonchev–Trinajstić information content (AvgIpc) is 0.707. The molecule has 0 aliphatic rings. The van der Waals surface area contributed by atoms with Crippen molar-refractivity contribution in [2.24, 2.45) is 0 Å². The van der Waals surface area contributed by atoms with Crippen molar-refractivity contribution < 1.29 is 61.7 Å². The van der Waals surface area contributed by atoms with Crippen molar-refractivity contribution in [3.63, 3.8) is 0 Å². The molecule has 0 amide bonds. The maximum atomic E-state index is 7.65. The summed E-state index contributed by atoms with van der Waals surface area (Å²) in [7, 11) is 0. The molecule has 0 aromatic heterocycles. The number of benzene rings is 7. The Hall–Kier alpha value is -5.46. The van der Waals surface area contributed by atoms with E-state index in [1.807, 2.05) is 51.1 Å². The molecule has 0 atom stereocenters. The van der Waals surface area contributed by atoms with Crippen LogP contribution in [0.15, 0.2) is 121 Å². The zero-order valence-corrected chi connectivity index (χ0v) is 37.0. The molecule has 0 heterocycles. The highest BCUT2D eigenvalue weighted by Gasteiger charge is 2.07. The minimum Gasteiger partial charge on any atom is -0.0620 e. The summed E-state index contributed by atoms with van der Waals surface area (Å²) in [6.07, 6.45) is 0. The second-order valence-corrected chi connectivity index (χ2v) is 14.3. The quantitative estimate of drug-likeness (QED) is 0.142. The van der Waals surface area contributed by atoms with E-state index >= 15 is 0 Å². The molecule has 0 aliphatic heterocycles. The third-order valence-corrected chi connectivity index (χ3v) is 8.78. The molecule has 7 rings (SSSR count). The van der Waals surface area contributed by atoms with Gasteiger partial charge in [-0.2, -0.15) is 0 Å². The van der Waals surface area contributed by atoms with Crippen LogP contribution in [-0.2, 0) is 0 Å². The highest BCUT2D eigenvalue weighted by atomic mass is 14.1. The third-order valence-electron chi connectivity index (χ3n) is 8.78. The molecule has 0 aliphatic carbocycles. The standard InChI is InChI=1S/C12H18.C10H14.2C9H12.3C8H10/c1-7-8(2)10(4)12(6)11(5)9(7)3;1-7-5-8(2)10(4)9(3)6-7;1-7-4-8(2)6-9(3)5-7;1-7-5-4-6-8(2)9(7)3;1-7-3-5-8(2)6-4-7;1-7-4-3-5-8(2)6-7;1-7-5-3-4-6-8(7)2/h1-6H3;5-6H,1-4H3;2*4-6H,1-3H3;3*3-6H,1-2H3/i1D3,2D3,3D3,4D3,5D3;1D3,2D3,3D3;2*1D3,2D3;3*1D3. The van der Waals surface area contributed by atoms with E-state index in [0.29, 0.717) is 27.8 Å². The summed E-state index contributed by atoms with van der Waals surface area (Å²) in [6.45, 7) is -27.7. The van der Waals surface area contributed by atoms with Gasteiger partial charge in [0, 0.05) is 61.7 Å². The van der Waals surface area contributed by atoms with Gasteiger partial charge >= 0.3 is 0 Å². The molecule has 0 unspecified atom stereocenters. The highest BCUT2D eigenvalue weighted by molar-refractivity contribution is 5.48. The van der Waals surface area contributed by atoms with E-state index in [0.717, 1.165) is 35.7 Å². The Labute approximate surface area is 457 Å². The maximum Gasteiger partial charge on any atom is 0.0280 e. The first-order valence-electron chi connectivity index (χ1n) is 41.9. The molecule has 0 bridgehead atoms. The largest absolute Gasteiger partial charge is 0.0620 e. The van der Waals surface area contributed by atoms with E-state index in [9.17, 15) is 0 Å². The van der Waals surface area contributed by atoms with Crippen molar-refractivity contribution >= 4 is 0 Å². The molecule has 0 saturated heterocycles. The fourth-order valence-corrected chi connectivity index (χ4v) is 4.78. The summed E-state index contributed by atoms with van der Waals surface area (Å²) in [4.78, 5) is 0. The average molecular weight is 901 g/mol. The van der Waals surface area contributed by atoms with Gasteiger partial charge < -0.3 is 0 Å².